The second-order valence-corrected chi connectivity index (χ2v) is 8.67. The van der Waals surface area contributed by atoms with Crippen molar-refractivity contribution in [3.63, 3.8) is 0 Å². The van der Waals surface area contributed by atoms with Crippen molar-refractivity contribution in [1.82, 2.24) is 14.1 Å². The van der Waals surface area contributed by atoms with Gasteiger partial charge < -0.3 is 15.0 Å². The molecule has 1 rings (SSSR count). The van der Waals surface area contributed by atoms with Crippen LogP contribution in [0.4, 0.5) is 0 Å². The van der Waals surface area contributed by atoms with Gasteiger partial charge in [-0.15, -0.1) is 11.6 Å². The summed E-state index contributed by atoms with van der Waals surface area (Å²) in [5.74, 6) is 1.38. The molecule has 1 saturated heterocycles. The van der Waals surface area contributed by atoms with E-state index in [2.05, 4.69) is 51.2 Å². The molecule has 0 aromatic carbocycles. The van der Waals surface area contributed by atoms with Crippen LogP contribution in [0.2, 0.25) is 0 Å². The average Bonchev–Trinajstić information content (AvgIpc) is 2.90. The molecule has 1 fully saturated rings. The smallest absolute Gasteiger partial charge is 0.0589 e. The van der Waals surface area contributed by atoms with E-state index in [-0.39, 0.29) is 5.41 Å². The van der Waals surface area contributed by atoms with E-state index >= 15 is 0 Å². The number of halogens is 2. The fraction of sp³-hybridized carbons (Fsp3) is 1.00. The van der Waals surface area contributed by atoms with Gasteiger partial charge in [-0.25, -0.2) is 3.93 Å². The molecule has 0 radical (unpaired) electrons. The summed E-state index contributed by atoms with van der Waals surface area (Å²) in [5.41, 5.74) is 0.216. The van der Waals surface area contributed by atoms with Gasteiger partial charge in [-0.2, -0.15) is 0 Å². The summed E-state index contributed by atoms with van der Waals surface area (Å²) in [5, 5.41) is 3.82. The molecule has 0 spiro atoms. The quantitative estimate of drug-likeness (QED) is 0.393. The standard InChI is InChI=1S/C17H35BrClN3O/c1-15(2)16(6-5-8-21(3)10-11-23-4)20-13-17(12-19)7-9-22(18)14-17/h15-16,20H,5-14H2,1-4H3. The molecule has 1 aliphatic rings. The molecule has 0 aromatic heterocycles. The highest BCUT2D eigenvalue weighted by Gasteiger charge is 2.37. The second-order valence-electron chi connectivity index (χ2n) is 7.40. The molecule has 2 unspecified atom stereocenters. The van der Waals surface area contributed by atoms with Crippen LogP contribution < -0.4 is 5.32 Å². The Morgan fingerprint density at radius 3 is 2.65 bits per heavy atom. The molecule has 1 aliphatic heterocycles. The van der Waals surface area contributed by atoms with Crippen LogP contribution in [0.15, 0.2) is 0 Å². The first-order chi connectivity index (χ1) is 10.9. The molecule has 0 aliphatic carbocycles. The number of alkyl halides is 1. The van der Waals surface area contributed by atoms with Crippen LogP contribution in [0.5, 0.6) is 0 Å². The van der Waals surface area contributed by atoms with Crippen LogP contribution in [-0.4, -0.2) is 74.2 Å². The number of nitrogens with zero attached hydrogens (tertiary/aromatic N) is 2. The van der Waals surface area contributed by atoms with Gasteiger partial charge in [-0.05, 0) is 38.8 Å². The van der Waals surface area contributed by atoms with Gasteiger partial charge in [0.1, 0.15) is 0 Å². The van der Waals surface area contributed by atoms with E-state index < -0.39 is 0 Å². The van der Waals surface area contributed by atoms with Gasteiger partial charge in [-0.3, -0.25) is 0 Å². The normalized spacial score (nSPS) is 24.0. The summed E-state index contributed by atoms with van der Waals surface area (Å²) >= 11 is 9.88. The monoisotopic (exact) mass is 411 g/mol. The molecule has 1 N–H and O–H groups in total. The van der Waals surface area contributed by atoms with Crippen molar-refractivity contribution in [3.05, 3.63) is 0 Å². The molecule has 138 valence electrons. The predicted molar refractivity (Wildman–Crippen MR) is 104 cm³/mol. The topological polar surface area (TPSA) is 27.7 Å². The Bertz CT molecular complexity index is 322. The number of methoxy groups -OCH3 is 1. The van der Waals surface area contributed by atoms with Gasteiger partial charge in [0.2, 0.25) is 0 Å². The molecular weight excluding hydrogens is 378 g/mol. The molecular formula is C17H35BrClN3O. The SMILES string of the molecule is COCCN(C)CCCC(NCC1(CCl)CCN(Br)C1)C(C)C. The van der Waals surface area contributed by atoms with Crippen molar-refractivity contribution in [3.8, 4) is 0 Å². The van der Waals surface area contributed by atoms with E-state index in [4.69, 9.17) is 16.3 Å². The van der Waals surface area contributed by atoms with Gasteiger partial charge in [0.15, 0.2) is 0 Å². The Kier molecular flexibility index (Phi) is 10.6. The number of hydrogen-bond acceptors (Lipinski definition) is 4. The predicted octanol–water partition coefficient (Wildman–Crippen LogP) is 3.20. The summed E-state index contributed by atoms with van der Waals surface area (Å²) in [7, 11) is 3.93. The molecule has 0 amide bonds. The maximum Gasteiger partial charge on any atom is 0.0589 e. The minimum Gasteiger partial charge on any atom is -0.383 e. The van der Waals surface area contributed by atoms with Gasteiger partial charge in [0.25, 0.3) is 0 Å². The average molecular weight is 413 g/mol. The Morgan fingerprint density at radius 2 is 2.13 bits per heavy atom. The maximum atomic E-state index is 6.28. The number of ether oxygens (including phenoxy) is 1. The highest BCUT2D eigenvalue weighted by molar-refractivity contribution is 9.07. The highest BCUT2D eigenvalue weighted by Crippen LogP contribution is 2.33. The van der Waals surface area contributed by atoms with Crippen LogP contribution >= 0.6 is 27.7 Å². The number of hydrogen-bond donors (Lipinski definition) is 1. The van der Waals surface area contributed by atoms with Gasteiger partial charge >= 0.3 is 0 Å². The van der Waals surface area contributed by atoms with E-state index in [1.54, 1.807) is 7.11 Å². The van der Waals surface area contributed by atoms with Crippen molar-refractivity contribution in [2.45, 2.75) is 39.2 Å². The third kappa shape index (κ3) is 8.02. The van der Waals surface area contributed by atoms with E-state index in [0.717, 1.165) is 45.2 Å². The minimum atomic E-state index is 0.216. The molecule has 23 heavy (non-hydrogen) atoms. The largest absolute Gasteiger partial charge is 0.383 e. The Hall–Kier alpha value is 0.610. The zero-order chi connectivity index (χ0) is 17.3. The van der Waals surface area contributed by atoms with Crippen LogP contribution in [0, 0.1) is 11.3 Å². The Labute approximate surface area is 156 Å². The second kappa shape index (κ2) is 11.3. The zero-order valence-electron chi connectivity index (χ0n) is 15.3. The van der Waals surface area contributed by atoms with Crippen molar-refractivity contribution in [1.29, 1.82) is 0 Å². The first-order valence-corrected chi connectivity index (χ1v) is 10.0. The lowest BCUT2D eigenvalue weighted by atomic mass is 9.88. The molecule has 0 aromatic rings. The van der Waals surface area contributed by atoms with Crippen molar-refractivity contribution in [2.24, 2.45) is 11.3 Å². The molecule has 1 heterocycles. The van der Waals surface area contributed by atoms with Crippen LogP contribution in [0.1, 0.15) is 33.1 Å². The molecule has 2 atom stereocenters. The van der Waals surface area contributed by atoms with E-state index in [0.29, 0.717) is 12.0 Å². The summed E-state index contributed by atoms with van der Waals surface area (Å²) in [4.78, 5) is 2.35. The van der Waals surface area contributed by atoms with Gasteiger partial charge in [0, 0.05) is 66.8 Å². The van der Waals surface area contributed by atoms with Crippen LogP contribution in [0.3, 0.4) is 0 Å². The van der Waals surface area contributed by atoms with Gasteiger partial charge in [-0.1, -0.05) is 13.8 Å². The first-order valence-electron chi connectivity index (χ1n) is 8.80. The molecule has 0 saturated carbocycles. The zero-order valence-corrected chi connectivity index (χ0v) is 17.6. The minimum absolute atomic E-state index is 0.216. The first kappa shape index (κ1) is 21.7. The van der Waals surface area contributed by atoms with Crippen molar-refractivity contribution >= 4 is 27.7 Å². The van der Waals surface area contributed by atoms with Crippen molar-refractivity contribution < 1.29 is 4.74 Å². The summed E-state index contributed by atoms with van der Waals surface area (Å²) in [6.07, 6.45) is 3.60. The van der Waals surface area contributed by atoms with E-state index in [9.17, 15) is 0 Å². The molecule has 4 nitrogen and oxygen atoms in total. The summed E-state index contributed by atoms with van der Waals surface area (Å²) in [6, 6.07) is 0.565. The van der Waals surface area contributed by atoms with Crippen LogP contribution in [0.25, 0.3) is 0 Å². The Balaban J connectivity index is 2.34. The number of likely N-dealkylation sites (N-methyl/N-ethyl adjacent to an activating group) is 1. The third-order valence-corrected chi connectivity index (χ3v) is 6.12. The highest BCUT2D eigenvalue weighted by atomic mass is 79.9. The summed E-state index contributed by atoms with van der Waals surface area (Å²) in [6.45, 7) is 10.7. The lowest BCUT2D eigenvalue weighted by Gasteiger charge is -2.31. The number of rotatable bonds is 12. The van der Waals surface area contributed by atoms with Crippen molar-refractivity contribution in [2.75, 3.05) is 59.4 Å². The van der Waals surface area contributed by atoms with E-state index in [1.165, 1.54) is 19.3 Å². The Morgan fingerprint density at radius 1 is 1.39 bits per heavy atom. The fourth-order valence-electron chi connectivity index (χ4n) is 3.14. The van der Waals surface area contributed by atoms with Gasteiger partial charge in [0.05, 0.1) is 6.61 Å². The lowest BCUT2D eigenvalue weighted by Crippen LogP contribution is -2.44. The summed E-state index contributed by atoms with van der Waals surface area (Å²) < 4.78 is 7.35. The van der Waals surface area contributed by atoms with Crippen LogP contribution in [-0.2, 0) is 4.74 Å². The van der Waals surface area contributed by atoms with E-state index in [1.807, 2.05) is 0 Å². The lowest BCUT2D eigenvalue weighted by molar-refractivity contribution is 0.159. The third-order valence-electron chi connectivity index (χ3n) is 4.95. The molecule has 0 bridgehead atoms. The fourth-order valence-corrected chi connectivity index (χ4v) is 4.16. The maximum absolute atomic E-state index is 6.28. The number of nitrogens with one attached hydrogen (secondary N) is 1. The molecule has 6 heteroatoms.